The van der Waals surface area contributed by atoms with Gasteiger partial charge in [-0.3, -0.25) is 9.59 Å². The summed E-state index contributed by atoms with van der Waals surface area (Å²) >= 11 is 0. The predicted octanol–water partition coefficient (Wildman–Crippen LogP) is 2.23. The molecule has 186 valence electrons. The Balaban J connectivity index is 1.30. The number of hydrogen-bond donors (Lipinski definition) is 0. The molecule has 4 aromatic rings. The molecule has 0 unspecified atom stereocenters. The topological polar surface area (TPSA) is 94.2 Å². The fourth-order valence-corrected chi connectivity index (χ4v) is 4.42. The quantitative estimate of drug-likeness (QED) is 0.411. The van der Waals surface area contributed by atoms with Gasteiger partial charge < -0.3 is 19.3 Å². The van der Waals surface area contributed by atoms with Gasteiger partial charge in [0.05, 0.1) is 19.9 Å². The van der Waals surface area contributed by atoms with Crippen molar-refractivity contribution in [2.75, 3.05) is 45.3 Å². The lowest BCUT2D eigenvalue weighted by molar-refractivity contribution is -0.132. The number of fused-ring (bicyclic) bond motifs is 1. The van der Waals surface area contributed by atoms with E-state index in [2.05, 4.69) is 15.1 Å². The first-order valence-corrected chi connectivity index (χ1v) is 11.8. The van der Waals surface area contributed by atoms with Gasteiger partial charge in [0.15, 0.2) is 0 Å². The van der Waals surface area contributed by atoms with E-state index in [0.29, 0.717) is 43.2 Å². The highest BCUT2D eigenvalue weighted by Crippen LogP contribution is 2.22. The molecule has 1 aliphatic heterocycles. The van der Waals surface area contributed by atoms with E-state index in [1.165, 1.54) is 9.20 Å². The number of carbonyl (C=O) groups is 1. The lowest BCUT2D eigenvalue weighted by atomic mass is 10.1. The van der Waals surface area contributed by atoms with Gasteiger partial charge in [-0.05, 0) is 61.5 Å². The number of rotatable bonds is 6. The van der Waals surface area contributed by atoms with Crippen molar-refractivity contribution in [3.05, 3.63) is 70.8 Å². The van der Waals surface area contributed by atoms with Crippen LogP contribution in [0.4, 0.5) is 5.69 Å². The third-order valence-electron chi connectivity index (χ3n) is 6.48. The average molecular weight is 489 g/mol. The molecule has 0 radical (unpaired) electrons. The molecule has 2 aromatic heterocycles. The summed E-state index contributed by atoms with van der Waals surface area (Å²) in [5.74, 6) is 1.96. The van der Waals surface area contributed by atoms with E-state index in [-0.39, 0.29) is 18.0 Å². The van der Waals surface area contributed by atoms with Crippen molar-refractivity contribution in [1.29, 1.82) is 0 Å². The molecule has 3 heterocycles. The molecule has 0 atom stereocenters. The number of hydrogen-bond acceptors (Lipinski definition) is 7. The van der Waals surface area contributed by atoms with Crippen LogP contribution in [0.1, 0.15) is 5.82 Å². The van der Waals surface area contributed by atoms with Gasteiger partial charge in [-0.1, -0.05) is 0 Å². The zero-order valence-electron chi connectivity index (χ0n) is 20.5. The molecule has 1 amide bonds. The Morgan fingerprint density at radius 1 is 0.889 bits per heavy atom. The Morgan fingerprint density at radius 2 is 1.50 bits per heavy atom. The Hall–Kier alpha value is -4.34. The zero-order valence-corrected chi connectivity index (χ0v) is 20.5. The van der Waals surface area contributed by atoms with Crippen molar-refractivity contribution in [2.24, 2.45) is 0 Å². The van der Waals surface area contributed by atoms with Gasteiger partial charge >= 0.3 is 0 Å². The second kappa shape index (κ2) is 9.73. The van der Waals surface area contributed by atoms with Gasteiger partial charge in [0, 0.05) is 37.4 Å². The Labute approximate surface area is 208 Å². The molecule has 36 heavy (non-hydrogen) atoms. The van der Waals surface area contributed by atoms with Gasteiger partial charge in [0.25, 0.3) is 5.56 Å². The maximum Gasteiger partial charge on any atom is 0.293 e. The number of carbonyl (C=O) groups excluding carboxylic acids is 1. The Morgan fingerprint density at radius 3 is 2.11 bits per heavy atom. The van der Waals surface area contributed by atoms with Crippen LogP contribution in [-0.2, 0) is 11.3 Å². The summed E-state index contributed by atoms with van der Waals surface area (Å²) in [7, 11) is 3.26. The number of amides is 1. The first-order chi connectivity index (χ1) is 17.5. The van der Waals surface area contributed by atoms with E-state index in [0.717, 1.165) is 22.7 Å². The van der Waals surface area contributed by atoms with E-state index < -0.39 is 0 Å². The monoisotopic (exact) mass is 488 g/mol. The number of piperazine rings is 1. The van der Waals surface area contributed by atoms with Crippen LogP contribution in [0.15, 0.2) is 59.4 Å². The van der Waals surface area contributed by atoms with Crippen LogP contribution < -0.4 is 19.9 Å². The summed E-state index contributed by atoms with van der Waals surface area (Å²) in [4.78, 5) is 30.2. The van der Waals surface area contributed by atoms with Crippen molar-refractivity contribution < 1.29 is 14.3 Å². The van der Waals surface area contributed by atoms with Crippen molar-refractivity contribution in [1.82, 2.24) is 24.3 Å². The molecule has 1 fully saturated rings. The lowest BCUT2D eigenvalue weighted by Gasteiger charge is -2.36. The van der Waals surface area contributed by atoms with Crippen LogP contribution in [0.2, 0.25) is 0 Å². The summed E-state index contributed by atoms with van der Waals surface area (Å²) in [5.41, 5.74) is 2.63. The first-order valence-electron chi connectivity index (χ1n) is 11.8. The number of benzene rings is 2. The fourth-order valence-electron chi connectivity index (χ4n) is 4.42. The van der Waals surface area contributed by atoms with Gasteiger partial charge in [-0.2, -0.15) is 10.2 Å². The van der Waals surface area contributed by atoms with Crippen molar-refractivity contribution in [2.45, 2.75) is 13.5 Å². The second-order valence-corrected chi connectivity index (χ2v) is 8.63. The molecule has 0 spiro atoms. The molecule has 2 aromatic carbocycles. The molecule has 1 saturated heterocycles. The summed E-state index contributed by atoms with van der Waals surface area (Å²) in [6.07, 6.45) is 0. The fraction of sp³-hybridized carbons (Fsp3) is 0.308. The van der Waals surface area contributed by atoms with Crippen LogP contribution in [0.5, 0.6) is 11.5 Å². The van der Waals surface area contributed by atoms with Crippen LogP contribution >= 0.6 is 0 Å². The molecule has 5 rings (SSSR count). The minimum absolute atomic E-state index is 0.109. The highest BCUT2D eigenvalue weighted by Gasteiger charge is 2.23. The minimum atomic E-state index is -0.349. The third kappa shape index (κ3) is 4.49. The molecule has 0 saturated carbocycles. The highest BCUT2D eigenvalue weighted by molar-refractivity contribution is 5.76. The number of aromatic nitrogens is 4. The SMILES string of the molecule is COc1ccc(-c2cc3c(=O)n(CC(=O)N4CCN(c5ccc(OC)cc5)CC4)nc(C)n3n2)cc1. The van der Waals surface area contributed by atoms with E-state index in [4.69, 9.17) is 9.47 Å². The Bertz CT molecular complexity index is 1430. The smallest absolute Gasteiger partial charge is 0.293 e. The molecule has 0 bridgehead atoms. The first kappa shape index (κ1) is 23.4. The molecule has 0 N–H and O–H groups in total. The van der Waals surface area contributed by atoms with Crippen LogP contribution in [0, 0.1) is 6.92 Å². The average Bonchev–Trinajstić information content (AvgIpc) is 3.38. The predicted molar refractivity (Wildman–Crippen MR) is 136 cm³/mol. The van der Waals surface area contributed by atoms with Crippen LogP contribution in [0.3, 0.4) is 0 Å². The van der Waals surface area contributed by atoms with E-state index in [1.54, 1.807) is 32.1 Å². The van der Waals surface area contributed by atoms with Crippen LogP contribution in [-0.4, -0.2) is 70.6 Å². The molecular weight excluding hydrogens is 460 g/mol. The molecule has 1 aliphatic rings. The number of aryl methyl sites for hydroxylation is 1. The number of ether oxygens (including phenoxy) is 2. The van der Waals surface area contributed by atoms with Gasteiger partial charge in [-0.25, -0.2) is 9.20 Å². The van der Waals surface area contributed by atoms with Crippen molar-refractivity contribution >= 4 is 17.1 Å². The van der Waals surface area contributed by atoms with Gasteiger partial charge in [0.1, 0.15) is 29.4 Å². The number of methoxy groups -OCH3 is 2. The second-order valence-electron chi connectivity index (χ2n) is 8.63. The van der Waals surface area contributed by atoms with E-state index in [1.807, 2.05) is 48.5 Å². The molecule has 10 nitrogen and oxygen atoms in total. The van der Waals surface area contributed by atoms with E-state index in [9.17, 15) is 9.59 Å². The third-order valence-corrected chi connectivity index (χ3v) is 6.48. The van der Waals surface area contributed by atoms with Gasteiger partial charge in [-0.15, -0.1) is 0 Å². The largest absolute Gasteiger partial charge is 0.497 e. The molecule has 0 aliphatic carbocycles. The van der Waals surface area contributed by atoms with E-state index >= 15 is 0 Å². The van der Waals surface area contributed by atoms with Crippen molar-refractivity contribution in [3.63, 3.8) is 0 Å². The van der Waals surface area contributed by atoms with Crippen LogP contribution in [0.25, 0.3) is 16.8 Å². The Kier molecular flexibility index (Phi) is 6.32. The summed E-state index contributed by atoms with van der Waals surface area (Å²) in [6.45, 7) is 4.25. The van der Waals surface area contributed by atoms with Crippen molar-refractivity contribution in [3.8, 4) is 22.8 Å². The molecular formula is C26H28N6O4. The highest BCUT2D eigenvalue weighted by atomic mass is 16.5. The number of nitrogens with zero attached hydrogens (tertiary/aromatic N) is 6. The summed E-state index contributed by atoms with van der Waals surface area (Å²) < 4.78 is 13.2. The normalized spacial score (nSPS) is 13.8. The number of anilines is 1. The maximum atomic E-state index is 13.2. The molecule has 10 heteroatoms. The maximum absolute atomic E-state index is 13.2. The minimum Gasteiger partial charge on any atom is -0.497 e. The zero-order chi connectivity index (χ0) is 25.2. The summed E-state index contributed by atoms with van der Waals surface area (Å²) in [6, 6.07) is 17.1. The summed E-state index contributed by atoms with van der Waals surface area (Å²) in [5, 5.41) is 8.91. The van der Waals surface area contributed by atoms with Gasteiger partial charge in [0.2, 0.25) is 5.91 Å². The lowest BCUT2D eigenvalue weighted by Crippen LogP contribution is -2.50. The standard InChI is InChI=1S/C26H28N6O4/c1-18-27-31(26(34)24-16-23(28-32(18)24)19-4-8-21(35-2)9-5-19)17-25(33)30-14-12-29(13-15-30)20-6-10-22(36-3)11-7-20/h4-11,16H,12-15,17H2,1-3H3.